The Morgan fingerprint density at radius 1 is 1.20 bits per heavy atom. The SMILES string of the molecule is CCc1ccccc1NC(=O)Cn1nc(SC)c(S(=O)(=O)c2ccc(Cl)cc2)c1N. The van der Waals surface area contributed by atoms with Crippen LogP contribution in [0.5, 0.6) is 0 Å². The average Bonchev–Trinajstić information content (AvgIpc) is 3.04. The van der Waals surface area contributed by atoms with Crippen molar-refractivity contribution in [1.29, 1.82) is 0 Å². The summed E-state index contributed by atoms with van der Waals surface area (Å²) in [7, 11) is -3.93. The van der Waals surface area contributed by atoms with Gasteiger partial charge in [0.25, 0.3) is 0 Å². The molecule has 1 amide bonds. The van der Waals surface area contributed by atoms with Gasteiger partial charge in [-0.3, -0.25) is 4.79 Å². The Labute approximate surface area is 184 Å². The fourth-order valence-electron chi connectivity index (χ4n) is 2.95. The predicted octanol–water partition coefficient (Wildman–Crippen LogP) is 3.87. The molecular formula is C20H21ClN4O3S2. The summed E-state index contributed by atoms with van der Waals surface area (Å²) in [4.78, 5) is 12.5. The van der Waals surface area contributed by atoms with E-state index in [0.717, 1.165) is 23.7 Å². The minimum absolute atomic E-state index is 0.0507. The molecule has 0 bridgehead atoms. The molecule has 3 N–H and O–H groups in total. The van der Waals surface area contributed by atoms with E-state index in [-0.39, 0.29) is 33.1 Å². The number of anilines is 2. The zero-order chi connectivity index (χ0) is 21.9. The van der Waals surface area contributed by atoms with Crippen LogP contribution in [-0.2, 0) is 27.6 Å². The van der Waals surface area contributed by atoms with Crippen molar-refractivity contribution in [3.8, 4) is 0 Å². The Balaban J connectivity index is 1.92. The number of carbonyl (C=O) groups is 1. The van der Waals surface area contributed by atoms with Crippen LogP contribution in [0.3, 0.4) is 0 Å². The van der Waals surface area contributed by atoms with Gasteiger partial charge in [-0.1, -0.05) is 36.7 Å². The number of nitrogens with two attached hydrogens (primary N) is 1. The van der Waals surface area contributed by atoms with Crippen LogP contribution >= 0.6 is 23.4 Å². The molecule has 30 heavy (non-hydrogen) atoms. The topological polar surface area (TPSA) is 107 Å². The number of sulfone groups is 1. The van der Waals surface area contributed by atoms with Gasteiger partial charge in [-0.05, 0) is 48.6 Å². The number of benzene rings is 2. The Morgan fingerprint density at radius 2 is 1.87 bits per heavy atom. The first-order chi connectivity index (χ1) is 14.3. The van der Waals surface area contributed by atoms with Crippen molar-refractivity contribution in [3.63, 3.8) is 0 Å². The van der Waals surface area contributed by atoms with E-state index in [1.807, 2.05) is 31.2 Å². The summed E-state index contributed by atoms with van der Waals surface area (Å²) in [5, 5.41) is 7.73. The van der Waals surface area contributed by atoms with E-state index in [0.29, 0.717) is 10.7 Å². The molecule has 0 atom stereocenters. The standard InChI is InChI=1S/C20H21ClN4O3S2/c1-3-13-6-4-5-7-16(13)23-17(26)12-25-19(22)18(20(24-25)29-2)30(27,28)15-10-8-14(21)9-11-15/h4-11H,3,12,22H2,1-2H3,(H,23,26). The Morgan fingerprint density at radius 3 is 2.50 bits per heavy atom. The molecule has 158 valence electrons. The smallest absolute Gasteiger partial charge is 0.246 e. The van der Waals surface area contributed by atoms with Crippen molar-refractivity contribution in [3.05, 3.63) is 59.1 Å². The van der Waals surface area contributed by atoms with Crippen LogP contribution in [0.1, 0.15) is 12.5 Å². The zero-order valence-corrected chi connectivity index (χ0v) is 18.8. The lowest BCUT2D eigenvalue weighted by atomic mass is 10.1. The van der Waals surface area contributed by atoms with E-state index < -0.39 is 9.84 Å². The van der Waals surface area contributed by atoms with E-state index in [4.69, 9.17) is 17.3 Å². The number of para-hydroxylation sites is 1. The number of amides is 1. The lowest BCUT2D eigenvalue weighted by Crippen LogP contribution is -2.21. The summed E-state index contributed by atoms with van der Waals surface area (Å²) in [5.74, 6) is -0.443. The fourth-order valence-corrected chi connectivity index (χ4v) is 5.51. The van der Waals surface area contributed by atoms with Crippen LogP contribution in [0.15, 0.2) is 63.3 Å². The van der Waals surface area contributed by atoms with Gasteiger partial charge in [0.2, 0.25) is 15.7 Å². The first kappa shape index (κ1) is 22.2. The minimum atomic E-state index is -3.93. The average molecular weight is 465 g/mol. The Hall–Kier alpha value is -2.49. The maximum atomic E-state index is 13.1. The van der Waals surface area contributed by atoms with Crippen molar-refractivity contribution in [2.24, 2.45) is 0 Å². The maximum absolute atomic E-state index is 13.1. The van der Waals surface area contributed by atoms with Crippen LogP contribution in [0, 0.1) is 0 Å². The van der Waals surface area contributed by atoms with Gasteiger partial charge in [0.15, 0.2) is 0 Å². The molecule has 0 fully saturated rings. The first-order valence-corrected chi connectivity index (χ1v) is 12.1. The maximum Gasteiger partial charge on any atom is 0.246 e. The number of carbonyl (C=O) groups excluding carboxylic acids is 1. The minimum Gasteiger partial charge on any atom is -0.383 e. The molecule has 0 aliphatic heterocycles. The second kappa shape index (κ2) is 9.11. The summed E-state index contributed by atoms with van der Waals surface area (Å²) >= 11 is 7.01. The molecule has 1 heterocycles. The highest BCUT2D eigenvalue weighted by Gasteiger charge is 2.29. The normalized spacial score (nSPS) is 11.4. The zero-order valence-electron chi connectivity index (χ0n) is 16.4. The number of aromatic nitrogens is 2. The number of aryl methyl sites for hydroxylation is 1. The molecule has 10 heteroatoms. The third-order valence-electron chi connectivity index (χ3n) is 4.47. The van der Waals surface area contributed by atoms with Crippen molar-refractivity contribution >= 4 is 50.6 Å². The van der Waals surface area contributed by atoms with Crippen molar-refractivity contribution < 1.29 is 13.2 Å². The van der Waals surface area contributed by atoms with Gasteiger partial charge in [-0.2, -0.15) is 5.10 Å². The van der Waals surface area contributed by atoms with Crippen molar-refractivity contribution in [2.75, 3.05) is 17.3 Å². The van der Waals surface area contributed by atoms with Gasteiger partial charge in [0, 0.05) is 10.7 Å². The van der Waals surface area contributed by atoms with Gasteiger partial charge in [0.05, 0.1) is 4.90 Å². The molecule has 1 aromatic heterocycles. The monoisotopic (exact) mass is 464 g/mol. The van der Waals surface area contributed by atoms with E-state index in [2.05, 4.69) is 10.4 Å². The highest BCUT2D eigenvalue weighted by molar-refractivity contribution is 7.99. The molecule has 0 aliphatic carbocycles. The molecule has 0 saturated heterocycles. The van der Waals surface area contributed by atoms with E-state index in [1.54, 1.807) is 6.26 Å². The number of nitrogens with one attached hydrogen (secondary N) is 1. The lowest BCUT2D eigenvalue weighted by Gasteiger charge is -2.10. The number of nitrogens with zero attached hydrogens (tertiary/aromatic N) is 2. The lowest BCUT2D eigenvalue weighted by molar-refractivity contribution is -0.116. The summed E-state index contributed by atoms with van der Waals surface area (Å²) in [5.41, 5.74) is 7.83. The largest absolute Gasteiger partial charge is 0.383 e. The van der Waals surface area contributed by atoms with Gasteiger partial charge >= 0.3 is 0 Å². The van der Waals surface area contributed by atoms with Gasteiger partial charge in [-0.15, -0.1) is 11.8 Å². The Kier molecular flexibility index (Phi) is 6.74. The van der Waals surface area contributed by atoms with Crippen LogP contribution in [0.4, 0.5) is 11.5 Å². The number of hydrogen-bond acceptors (Lipinski definition) is 6. The van der Waals surface area contributed by atoms with Gasteiger partial charge in [-0.25, -0.2) is 13.1 Å². The van der Waals surface area contributed by atoms with Gasteiger partial charge < -0.3 is 11.1 Å². The highest BCUT2D eigenvalue weighted by atomic mass is 35.5. The third kappa shape index (κ3) is 4.48. The summed E-state index contributed by atoms with van der Waals surface area (Å²) < 4.78 is 27.5. The first-order valence-electron chi connectivity index (χ1n) is 9.06. The van der Waals surface area contributed by atoms with Crippen LogP contribution < -0.4 is 11.1 Å². The molecule has 3 rings (SSSR count). The molecule has 7 nitrogen and oxygen atoms in total. The second-order valence-electron chi connectivity index (χ2n) is 6.40. The van der Waals surface area contributed by atoms with Crippen molar-refractivity contribution in [2.45, 2.75) is 34.7 Å². The van der Waals surface area contributed by atoms with E-state index >= 15 is 0 Å². The van der Waals surface area contributed by atoms with Crippen LogP contribution in [0.25, 0.3) is 0 Å². The van der Waals surface area contributed by atoms with E-state index in [1.165, 1.54) is 28.9 Å². The number of nitrogen functional groups attached to an aromatic ring is 1. The molecule has 3 aromatic rings. The summed E-state index contributed by atoms with van der Waals surface area (Å²) in [6, 6.07) is 13.3. The number of halogens is 1. The molecule has 0 unspecified atom stereocenters. The summed E-state index contributed by atoms with van der Waals surface area (Å²) in [6.07, 6.45) is 2.46. The number of hydrogen-bond donors (Lipinski definition) is 2. The van der Waals surface area contributed by atoms with Crippen LogP contribution in [-0.4, -0.2) is 30.4 Å². The molecule has 0 aliphatic rings. The number of thioether (sulfide) groups is 1. The second-order valence-corrected chi connectivity index (χ2v) is 9.52. The fraction of sp³-hybridized carbons (Fsp3) is 0.200. The van der Waals surface area contributed by atoms with E-state index in [9.17, 15) is 13.2 Å². The molecule has 0 radical (unpaired) electrons. The number of rotatable bonds is 7. The quantitative estimate of drug-likeness (QED) is 0.514. The van der Waals surface area contributed by atoms with Gasteiger partial charge in [0.1, 0.15) is 22.3 Å². The Bertz CT molecular complexity index is 1180. The van der Waals surface area contributed by atoms with Crippen molar-refractivity contribution in [1.82, 2.24) is 9.78 Å². The van der Waals surface area contributed by atoms with Crippen LogP contribution in [0.2, 0.25) is 5.02 Å². The summed E-state index contributed by atoms with van der Waals surface area (Å²) in [6.45, 7) is 1.78. The molecular weight excluding hydrogens is 444 g/mol. The molecule has 2 aromatic carbocycles. The molecule has 0 spiro atoms. The third-order valence-corrected chi connectivity index (χ3v) is 7.35. The highest BCUT2D eigenvalue weighted by Crippen LogP contribution is 2.34. The molecule has 0 saturated carbocycles. The predicted molar refractivity (Wildman–Crippen MR) is 120 cm³/mol.